The first-order valence-electron chi connectivity index (χ1n) is 7.29. The van der Waals surface area contributed by atoms with Crippen molar-refractivity contribution in [3.8, 4) is 0 Å². The molecule has 0 bridgehead atoms. The highest BCUT2D eigenvalue weighted by Crippen LogP contribution is 2.11. The van der Waals surface area contributed by atoms with Crippen molar-refractivity contribution in [2.45, 2.75) is 25.4 Å². The van der Waals surface area contributed by atoms with Crippen molar-refractivity contribution < 1.29 is 0 Å². The third kappa shape index (κ3) is 4.48. The molecule has 0 aliphatic carbocycles. The molecule has 0 aliphatic rings. The van der Waals surface area contributed by atoms with Crippen molar-refractivity contribution in [2.75, 3.05) is 13.6 Å². The highest BCUT2D eigenvalue weighted by atomic mass is 15.0. The van der Waals surface area contributed by atoms with Crippen LogP contribution in [0.15, 0.2) is 60.7 Å². The molecule has 0 aromatic heterocycles. The minimum Gasteiger partial charge on any atom is -0.315 e. The van der Waals surface area contributed by atoms with Gasteiger partial charge in [-0.25, -0.2) is 0 Å². The first kappa shape index (κ1) is 14.8. The molecule has 2 N–H and O–H groups in total. The smallest absolute Gasteiger partial charge is 0.0292 e. The second-order valence-electron chi connectivity index (χ2n) is 5.22. The van der Waals surface area contributed by atoms with Crippen molar-refractivity contribution in [1.29, 1.82) is 0 Å². The molecule has 0 saturated carbocycles. The molecular formula is C18H24N2. The van der Waals surface area contributed by atoms with Gasteiger partial charge in [0.1, 0.15) is 0 Å². The van der Waals surface area contributed by atoms with E-state index in [1.54, 1.807) is 0 Å². The lowest BCUT2D eigenvalue weighted by Gasteiger charge is -2.21. The Hall–Kier alpha value is -1.64. The van der Waals surface area contributed by atoms with Gasteiger partial charge in [0.2, 0.25) is 0 Å². The van der Waals surface area contributed by atoms with Gasteiger partial charge in [-0.2, -0.15) is 0 Å². The molecule has 106 valence electrons. The molecule has 2 aromatic rings. The molecule has 0 fully saturated rings. The zero-order chi connectivity index (χ0) is 14.2. The molecule has 0 aliphatic heterocycles. The van der Waals surface area contributed by atoms with Crippen LogP contribution >= 0.6 is 0 Å². The Morgan fingerprint density at radius 3 is 2.10 bits per heavy atom. The largest absolute Gasteiger partial charge is 0.315 e. The number of likely N-dealkylation sites (N-methyl/N-ethyl adjacent to an activating group) is 1. The second kappa shape index (κ2) is 7.83. The Morgan fingerprint density at radius 2 is 1.50 bits per heavy atom. The van der Waals surface area contributed by atoms with Gasteiger partial charge in [-0.1, -0.05) is 60.7 Å². The van der Waals surface area contributed by atoms with Crippen molar-refractivity contribution in [3.63, 3.8) is 0 Å². The van der Waals surface area contributed by atoms with Crippen LogP contribution in [0.25, 0.3) is 0 Å². The predicted octanol–water partition coefficient (Wildman–Crippen LogP) is 3.17. The van der Waals surface area contributed by atoms with E-state index in [-0.39, 0.29) is 0 Å². The maximum atomic E-state index is 3.61. The van der Waals surface area contributed by atoms with E-state index in [9.17, 15) is 0 Å². The zero-order valence-corrected chi connectivity index (χ0v) is 12.3. The van der Waals surface area contributed by atoms with Gasteiger partial charge < -0.3 is 10.6 Å². The number of hydrogen-bond acceptors (Lipinski definition) is 2. The Bertz CT molecular complexity index is 481. The van der Waals surface area contributed by atoms with Crippen LogP contribution in [-0.2, 0) is 6.42 Å². The van der Waals surface area contributed by atoms with E-state index in [0.717, 1.165) is 13.0 Å². The van der Waals surface area contributed by atoms with E-state index < -0.39 is 0 Å². The Balaban J connectivity index is 1.85. The molecule has 20 heavy (non-hydrogen) atoms. The Labute approximate surface area is 122 Å². The monoisotopic (exact) mass is 268 g/mol. The van der Waals surface area contributed by atoms with Crippen LogP contribution in [0.3, 0.4) is 0 Å². The lowest BCUT2D eigenvalue weighted by atomic mass is 10.0. The average molecular weight is 268 g/mol. The summed E-state index contributed by atoms with van der Waals surface area (Å²) in [5.41, 5.74) is 2.71. The van der Waals surface area contributed by atoms with Gasteiger partial charge in [-0.15, -0.1) is 0 Å². The normalized spacial score (nSPS) is 13.9. The number of nitrogens with one attached hydrogen (secondary N) is 2. The summed E-state index contributed by atoms with van der Waals surface area (Å²) in [6.45, 7) is 3.17. The minimum absolute atomic E-state index is 0.378. The van der Waals surface area contributed by atoms with E-state index in [4.69, 9.17) is 0 Å². The van der Waals surface area contributed by atoms with E-state index in [1.165, 1.54) is 11.1 Å². The summed E-state index contributed by atoms with van der Waals surface area (Å²) in [5, 5.41) is 7.00. The molecule has 2 nitrogen and oxygen atoms in total. The van der Waals surface area contributed by atoms with Crippen LogP contribution in [0, 0.1) is 0 Å². The van der Waals surface area contributed by atoms with Gasteiger partial charge in [0, 0.05) is 18.6 Å². The van der Waals surface area contributed by atoms with E-state index >= 15 is 0 Å². The average Bonchev–Trinajstić information content (AvgIpc) is 2.53. The van der Waals surface area contributed by atoms with Crippen LogP contribution in [0.2, 0.25) is 0 Å². The van der Waals surface area contributed by atoms with Gasteiger partial charge in [-0.05, 0) is 31.5 Å². The van der Waals surface area contributed by atoms with Gasteiger partial charge >= 0.3 is 0 Å². The lowest BCUT2D eigenvalue weighted by Crippen LogP contribution is -2.39. The fraction of sp³-hybridized carbons (Fsp3) is 0.333. The Kier molecular flexibility index (Phi) is 5.78. The molecule has 2 aromatic carbocycles. The van der Waals surface area contributed by atoms with E-state index in [0.29, 0.717) is 12.1 Å². The summed E-state index contributed by atoms with van der Waals surface area (Å²) in [6, 6.07) is 22.0. The highest BCUT2D eigenvalue weighted by Gasteiger charge is 2.10. The lowest BCUT2D eigenvalue weighted by molar-refractivity contribution is 0.469. The van der Waals surface area contributed by atoms with Crippen LogP contribution in [0.5, 0.6) is 0 Å². The van der Waals surface area contributed by atoms with Crippen molar-refractivity contribution in [1.82, 2.24) is 10.6 Å². The second-order valence-corrected chi connectivity index (χ2v) is 5.22. The topological polar surface area (TPSA) is 24.1 Å². The molecule has 0 amide bonds. The minimum atomic E-state index is 0.378. The third-order valence-electron chi connectivity index (χ3n) is 3.70. The molecule has 2 atom stereocenters. The number of rotatable bonds is 7. The predicted molar refractivity (Wildman–Crippen MR) is 85.9 cm³/mol. The van der Waals surface area contributed by atoms with Crippen LogP contribution in [0.4, 0.5) is 0 Å². The zero-order valence-electron chi connectivity index (χ0n) is 12.3. The molecule has 0 heterocycles. The van der Waals surface area contributed by atoms with Crippen molar-refractivity contribution >= 4 is 0 Å². The standard InChI is InChI=1S/C18H24N2/c1-15(17-11-7-4-8-12-17)20-14-18(19-2)13-16-9-5-3-6-10-16/h3-12,15,18-20H,13-14H2,1-2H3/t15-,18-/m0/s1. The van der Waals surface area contributed by atoms with Crippen LogP contribution < -0.4 is 10.6 Å². The molecule has 2 rings (SSSR count). The summed E-state index contributed by atoms with van der Waals surface area (Å²) < 4.78 is 0. The van der Waals surface area contributed by atoms with E-state index in [2.05, 4.69) is 78.2 Å². The first-order chi connectivity index (χ1) is 9.79. The third-order valence-corrected chi connectivity index (χ3v) is 3.70. The van der Waals surface area contributed by atoms with Gasteiger partial charge in [-0.3, -0.25) is 0 Å². The molecule has 0 spiro atoms. The summed E-state index contributed by atoms with van der Waals surface area (Å²) >= 11 is 0. The summed E-state index contributed by atoms with van der Waals surface area (Å²) in [5.74, 6) is 0. The number of hydrogen-bond donors (Lipinski definition) is 2. The molecule has 0 saturated heterocycles. The van der Waals surface area contributed by atoms with Gasteiger partial charge in [0.05, 0.1) is 0 Å². The number of benzene rings is 2. The van der Waals surface area contributed by atoms with Gasteiger partial charge in [0.25, 0.3) is 0 Å². The molecule has 0 unspecified atom stereocenters. The Morgan fingerprint density at radius 1 is 0.900 bits per heavy atom. The summed E-state index contributed by atoms with van der Waals surface area (Å²) in [4.78, 5) is 0. The first-order valence-corrected chi connectivity index (χ1v) is 7.29. The maximum Gasteiger partial charge on any atom is 0.0292 e. The quantitative estimate of drug-likeness (QED) is 0.806. The van der Waals surface area contributed by atoms with Gasteiger partial charge in [0.15, 0.2) is 0 Å². The SMILES string of the molecule is CN[C@H](CN[C@@H](C)c1ccccc1)Cc1ccccc1. The fourth-order valence-corrected chi connectivity index (χ4v) is 2.35. The van der Waals surface area contributed by atoms with Crippen LogP contribution in [0.1, 0.15) is 24.1 Å². The molecular weight excluding hydrogens is 244 g/mol. The van der Waals surface area contributed by atoms with E-state index in [1.807, 2.05) is 7.05 Å². The summed E-state index contributed by atoms with van der Waals surface area (Å²) in [7, 11) is 2.03. The highest BCUT2D eigenvalue weighted by molar-refractivity contribution is 5.18. The molecule has 0 radical (unpaired) electrons. The van der Waals surface area contributed by atoms with Crippen molar-refractivity contribution in [3.05, 3.63) is 71.8 Å². The maximum absolute atomic E-state index is 3.61. The molecule has 2 heteroatoms. The summed E-state index contributed by atoms with van der Waals surface area (Å²) in [6.07, 6.45) is 1.05. The van der Waals surface area contributed by atoms with Crippen molar-refractivity contribution in [2.24, 2.45) is 0 Å². The van der Waals surface area contributed by atoms with Crippen LogP contribution in [-0.4, -0.2) is 19.6 Å². The fourth-order valence-electron chi connectivity index (χ4n) is 2.35.